The van der Waals surface area contributed by atoms with Gasteiger partial charge >= 0.3 is 0 Å². The molecule has 0 spiro atoms. The Hall–Kier alpha value is -0.480. The van der Waals surface area contributed by atoms with Crippen LogP contribution in [0.15, 0.2) is 22.7 Å². The second-order valence-corrected chi connectivity index (χ2v) is 3.61. The quantitative estimate of drug-likeness (QED) is 0.876. The summed E-state index contributed by atoms with van der Waals surface area (Å²) >= 11 is 3.03. The Labute approximate surface area is 84.1 Å². The molecular weight excluding hydrogens is 240 g/mol. The smallest absolute Gasteiger partial charge is 0.137 e. The number of hydrogen-bond donors (Lipinski definition) is 1. The van der Waals surface area contributed by atoms with Crippen LogP contribution in [0.1, 0.15) is 18.0 Å². The largest absolute Gasteiger partial charge is 0.324 e. The highest BCUT2D eigenvalue weighted by molar-refractivity contribution is 9.10. The minimum atomic E-state index is -0.487. The molecule has 0 amide bonds. The number of nitrogens with two attached hydrogens (primary N) is 1. The standard InChI is InChI=1S/C9H10BrF2N/c10-7-2-1-6(5-8(7)12)9(13)3-4-11/h1-2,5,9H,3-4,13H2/t9-/m1/s1. The van der Waals surface area contributed by atoms with Gasteiger partial charge in [-0.3, -0.25) is 4.39 Å². The zero-order valence-corrected chi connectivity index (χ0v) is 8.52. The minimum Gasteiger partial charge on any atom is -0.324 e. The molecule has 1 aromatic rings. The monoisotopic (exact) mass is 249 g/mol. The van der Waals surface area contributed by atoms with Gasteiger partial charge in [-0.25, -0.2) is 4.39 Å². The van der Waals surface area contributed by atoms with Crippen molar-refractivity contribution in [2.24, 2.45) is 5.73 Å². The van der Waals surface area contributed by atoms with E-state index in [-0.39, 0.29) is 12.2 Å². The maximum absolute atomic E-state index is 13.0. The van der Waals surface area contributed by atoms with E-state index in [1.807, 2.05) is 0 Å². The van der Waals surface area contributed by atoms with E-state index in [1.165, 1.54) is 6.07 Å². The second kappa shape index (κ2) is 4.67. The molecule has 0 aromatic heterocycles. The fourth-order valence-corrected chi connectivity index (χ4v) is 1.27. The lowest BCUT2D eigenvalue weighted by Gasteiger charge is -2.09. The molecule has 0 heterocycles. The zero-order valence-electron chi connectivity index (χ0n) is 6.93. The Morgan fingerprint density at radius 2 is 2.15 bits per heavy atom. The lowest BCUT2D eigenvalue weighted by molar-refractivity contribution is 0.441. The maximum atomic E-state index is 13.0. The molecule has 1 aromatic carbocycles. The molecule has 0 fully saturated rings. The summed E-state index contributed by atoms with van der Waals surface area (Å²) in [6.45, 7) is -0.487. The molecule has 1 nitrogen and oxygen atoms in total. The SMILES string of the molecule is N[C@H](CCF)c1ccc(Br)c(F)c1. The van der Waals surface area contributed by atoms with Gasteiger partial charge < -0.3 is 5.73 Å². The van der Waals surface area contributed by atoms with Gasteiger partial charge in [0.25, 0.3) is 0 Å². The van der Waals surface area contributed by atoms with Crippen LogP contribution in [0.2, 0.25) is 0 Å². The van der Waals surface area contributed by atoms with Crippen molar-refractivity contribution < 1.29 is 8.78 Å². The van der Waals surface area contributed by atoms with E-state index in [9.17, 15) is 8.78 Å². The molecular formula is C9H10BrF2N. The fraction of sp³-hybridized carbons (Fsp3) is 0.333. The molecule has 0 aliphatic carbocycles. The molecule has 0 radical (unpaired) electrons. The second-order valence-electron chi connectivity index (χ2n) is 2.76. The van der Waals surface area contributed by atoms with Crippen LogP contribution in [-0.4, -0.2) is 6.67 Å². The average Bonchev–Trinajstić information content (AvgIpc) is 2.10. The molecule has 0 unspecified atom stereocenters. The summed E-state index contributed by atoms with van der Waals surface area (Å²) in [5.74, 6) is -0.369. The lowest BCUT2D eigenvalue weighted by Crippen LogP contribution is -2.11. The van der Waals surface area contributed by atoms with Gasteiger partial charge in [-0.1, -0.05) is 6.07 Å². The van der Waals surface area contributed by atoms with Crippen molar-refractivity contribution in [3.05, 3.63) is 34.1 Å². The third kappa shape index (κ3) is 2.74. The molecule has 13 heavy (non-hydrogen) atoms. The van der Waals surface area contributed by atoms with E-state index in [1.54, 1.807) is 12.1 Å². The normalized spacial score (nSPS) is 12.9. The number of rotatable bonds is 3. The van der Waals surface area contributed by atoms with Crippen LogP contribution >= 0.6 is 15.9 Å². The first kappa shape index (κ1) is 10.6. The minimum absolute atomic E-state index is 0.223. The van der Waals surface area contributed by atoms with Gasteiger partial charge in [0, 0.05) is 6.04 Å². The Bertz CT molecular complexity index is 291. The molecule has 0 saturated carbocycles. The summed E-state index contributed by atoms with van der Waals surface area (Å²) in [5, 5.41) is 0. The van der Waals surface area contributed by atoms with Crippen LogP contribution in [0.4, 0.5) is 8.78 Å². The summed E-state index contributed by atoms with van der Waals surface area (Å²) in [4.78, 5) is 0. The molecule has 72 valence electrons. The summed E-state index contributed by atoms with van der Waals surface area (Å²) < 4.78 is 25.3. The summed E-state index contributed by atoms with van der Waals surface area (Å²) in [6.07, 6.45) is 0.223. The highest BCUT2D eigenvalue weighted by atomic mass is 79.9. The van der Waals surface area contributed by atoms with E-state index in [0.29, 0.717) is 10.0 Å². The first-order valence-electron chi connectivity index (χ1n) is 3.91. The Balaban J connectivity index is 2.84. The Kier molecular flexibility index (Phi) is 3.81. The highest BCUT2D eigenvalue weighted by Gasteiger charge is 2.07. The summed E-state index contributed by atoms with van der Waals surface area (Å²) in [5.41, 5.74) is 6.23. The van der Waals surface area contributed by atoms with Crippen molar-refractivity contribution >= 4 is 15.9 Å². The number of benzene rings is 1. The maximum Gasteiger partial charge on any atom is 0.137 e. The van der Waals surface area contributed by atoms with Crippen molar-refractivity contribution in [2.75, 3.05) is 6.67 Å². The van der Waals surface area contributed by atoms with Gasteiger partial charge in [0.05, 0.1) is 11.1 Å². The summed E-state index contributed by atoms with van der Waals surface area (Å²) in [6, 6.07) is 4.16. The van der Waals surface area contributed by atoms with Crippen molar-refractivity contribution in [1.29, 1.82) is 0 Å². The Morgan fingerprint density at radius 3 is 2.69 bits per heavy atom. The number of hydrogen-bond acceptors (Lipinski definition) is 1. The molecule has 0 saturated heterocycles. The summed E-state index contributed by atoms with van der Waals surface area (Å²) in [7, 11) is 0. The molecule has 0 bridgehead atoms. The van der Waals surface area contributed by atoms with E-state index >= 15 is 0 Å². The van der Waals surface area contributed by atoms with E-state index < -0.39 is 12.7 Å². The van der Waals surface area contributed by atoms with E-state index in [0.717, 1.165) is 0 Å². The van der Waals surface area contributed by atoms with E-state index in [2.05, 4.69) is 15.9 Å². The van der Waals surface area contributed by atoms with E-state index in [4.69, 9.17) is 5.73 Å². The van der Waals surface area contributed by atoms with Crippen LogP contribution in [0.3, 0.4) is 0 Å². The van der Waals surface area contributed by atoms with Crippen molar-refractivity contribution in [3.63, 3.8) is 0 Å². The van der Waals surface area contributed by atoms with Crippen molar-refractivity contribution in [3.8, 4) is 0 Å². The molecule has 4 heteroatoms. The molecule has 1 rings (SSSR count). The topological polar surface area (TPSA) is 26.0 Å². The van der Waals surface area contributed by atoms with Gasteiger partial charge in [0.2, 0.25) is 0 Å². The molecule has 0 aliphatic rings. The lowest BCUT2D eigenvalue weighted by atomic mass is 10.1. The van der Waals surface area contributed by atoms with Crippen LogP contribution in [0, 0.1) is 5.82 Å². The van der Waals surface area contributed by atoms with Crippen molar-refractivity contribution in [1.82, 2.24) is 0 Å². The van der Waals surface area contributed by atoms with Gasteiger partial charge in [-0.15, -0.1) is 0 Å². The first-order chi connectivity index (χ1) is 6.15. The van der Waals surface area contributed by atoms with Crippen LogP contribution in [-0.2, 0) is 0 Å². The van der Waals surface area contributed by atoms with Gasteiger partial charge in [0.15, 0.2) is 0 Å². The fourth-order valence-electron chi connectivity index (χ4n) is 1.03. The van der Waals surface area contributed by atoms with Gasteiger partial charge in [0.1, 0.15) is 5.82 Å². The molecule has 2 N–H and O–H groups in total. The Morgan fingerprint density at radius 1 is 1.46 bits per heavy atom. The third-order valence-corrected chi connectivity index (χ3v) is 2.44. The van der Waals surface area contributed by atoms with Gasteiger partial charge in [-0.2, -0.15) is 0 Å². The van der Waals surface area contributed by atoms with Crippen LogP contribution in [0.25, 0.3) is 0 Å². The molecule has 1 atom stereocenters. The number of alkyl halides is 1. The van der Waals surface area contributed by atoms with Crippen LogP contribution < -0.4 is 5.73 Å². The predicted octanol–water partition coefficient (Wildman–Crippen LogP) is 2.95. The zero-order chi connectivity index (χ0) is 9.84. The third-order valence-electron chi connectivity index (χ3n) is 1.79. The van der Waals surface area contributed by atoms with Gasteiger partial charge in [-0.05, 0) is 40.0 Å². The highest BCUT2D eigenvalue weighted by Crippen LogP contribution is 2.21. The average molecular weight is 250 g/mol. The van der Waals surface area contributed by atoms with Crippen molar-refractivity contribution in [2.45, 2.75) is 12.5 Å². The number of halogens is 3. The molecule has 0 aliphatic heterocycles. The predicted molar refractivity (Wildman–Crippen MR) is 51.6 cm³/mol. The van der Waals surface area contributed by atoms with Crippen LogP contribution in [0.5, 0.6) is 0 Å². The first-order valence-corrected chi connectivity index (χ1v) is 4.71.